The zero-order valence-corrected chi connectivity index (χ0v) is 4.41. The highest BCUT2D eigenvalue weighted by atomic mass is 16.3. The molecule has 4 unspecified atom stereocenters. The molecule has 4 atom stereocenters. The topological polar surface area (TPSA) is 62.4 Å². The van der Waals surface area contributed by atoms with Gasteiger partial charge in [-0.2, -0.15) is 0 Å². The van der Waals surface area contributed by atoms with Gasteiger partial charge in [0.05, 0.1) is 6.10 Å². The highest BCUT2D eigenvalue weighted by Gasteiger charge is 2.60. The molecule has 1 aliphatic heterocycles. The molecule has 0 amide bonds. The smallest absolute Gasteiger partial charge is 0.0774 e. The van der Waals surface area contributed by atoms with Gasteiger partial charge < -0.3 is 15.5 Å². The Morgan fingerprint density at radius 2 is 2.12 bits per heavy atom. The molecule has 0 aromatic rings. The zero-order chi connectivity index (χ0) is 5.72. The molecule has 8 heavy (non-hydrogen) atoms. The van der Waals surface area contributed by atoms with Gasteiger partial charge in [-0.15, -0.1) is 0 Å². The normalized spacial score (nSPS) is 59.2. The molecule has 1 saturated heterocycles. The van der Waals surface area contributed by atoms with Crippen LogP contribution in [0.15, 0.2) is 0 Å². The van der Waals surface area contributed by atoms with Crippen molar-refractivity contribution in [1.29, 1.82) is 0 Å². The van der Waals surface area contributed by atoms with Gasteiger partial charge >= 0.3 is 0 Å². The van der Waals surface area contributed by atoms with Gasteiger partial charge in [-0.25, -0.2) is 0 Å². The summed E-state index contributed by atoms with van der Waals surface area (Å²) in [6.45, 7) is 0.120. The summed E-state index contributed by atoms with van der Waals surface area (Å²) in [5.41, 5.74) is 0. The van der Waals surface area contributed by atoms with Crippen molar-refractivity contribution in [2.45, 2.75) is 18.2 Å². The van der Waals surface area contributed by atoms with Gasteiger partial charge in [0.1, 0.15) is 0 Å². The van der Waals surface area contributed by atoms with E-state index in [0.717, 1.165) is 0 Å². The van der Waals surface area contributed by atoms with Gasteiger partial charge in [-0.1, -0.05) is 0 Å². The molecule has 2 fully saturated rings. The van der Waals surface area contributed by atoms with E-state index in [1.807, 2.05) is 0 Å². The maximum absolute atomic E-state index is 9.00. The second-order valence-corrected chi connectivity index (χ2v) is 2.56. The van der Waals surface area contributed by atoms with Gasteiger partial charge in [-0.3, -0.25) is 0 Å². The van der Waals surface area contributed by atoms with Crippen molar-refractivity contribution >= 4 is 0 Å². The summed E-state index contributed by atoms with van der Waals surface area (Å²) in [6.07, 6.45) is -0.273. The summed E-state index contributed by atoms with van der Waals surface area (Å²) in [6, 6.07) is 0.766. The molecule has 3 N–H and O–H groups in total. The summed E-state index contributed by atoms with van der Waals surface area (Å²) < 4.78 is 0. The van der Waals surface area contributed by atoms with Crippen LogP contribution in [0.5, 0.6) is 0 Å². The molecule has 1 saturated carbocycles. The minimum Gasteiger partial charge on any atom is -0.396 e. The third kappa shape index (κ3) is 0.354. The van der Waals surface area contributed by atoms with E-state index in [0.29, 0.717) is 12.1 Å². The van der Waals surface area contributed by atoms with E-state index >= 15 is 0 Å². The van der Waals surface area contributed by atoms with Crippen LogP contribution in [-0.4, -0.2) is 35.0 Å². The van der Waals surface area contributed by atoms with E-state index in [-0.39, 0.29) is 18.6 Å². The molecule has 0 aromatic heterocycles. The molecule has 0 radical (unpaired) electrons. The first-order chi connectivity index (χ1) is 3.84. The van der Waals surface area contributed by atoms with E-state index in [1.165, 1.54) is 0 Å². The van der Waals surface area contributed by atoms with Crippen molar-refractivity contribution in [3.8, 4) is 0 Å². The molecule has 3 nitrogen and oxygen atoms in total. The number of hydrogen-bond acceptors (Lipinski definition) is 3. The first-order valence-corrected chi connectivity index (χ1v) is 2.89. The van der Waals surface area contributed by atoms with Crippen LogP contribution >= 0.6 is 0 Å². The lowest BCUT2D eigenvalue weighted by Gasteiger charge is -2.26. The van der Waals surface area contributed by atoms with Gasteiger partial charge in [0.25, 0.3) is 0 Å². The minimum atomic E-state index is -0.273. The largest absolute Gasteiger partial charge is 0.396 e. The van der Waals surface area contributed by atoms with E-state index in [2.05, 4.69) is 5.32 Å². The predicted molar refractivity (Wildman–Crippen MR) is 27.3 cm³/mol. The summed E-state index contributed by atoms with van der Waals surface area (Å²) in [7, 11) is 0. The Hall–Kier alpha value is -0.120. The first-order valence-electron chi connectivity index (χ1n) is 2.89. The van der Waals surface area contributed by atoms with Crippen LogP contribution in [0.25, 0.3) is 0 Å². The Morgan fingerprint density at radius 1 is 1.38 bits per heavy atom. The molecular formula is C5H9NO2. The summed E-state index contributed by atoms with van der Waals surface area (Å²) >= 11 is 0. The van der Waals surface area contributed by atoms with E-state index in [4.69, 9.17) is 10.2 Å². The maximum Gasteiger partial charge on any atom is 0.0774 e. The molecular weight excluding hydrogens is 106 g/mol. The molecule has 2 rings (SSSR count). The van der Waals surface area contributed by atoms with Gasteiger partial charge in [0.15, 0.2) is 0 Å². The van der Waals surface area contributed by atoms with Crippen LogP contribution in [-0.2, 0) is 0 Å². The Labute approximate surface area is 47.3 Å². The molecule has 0 aromatic carbocycles. The monoisotopic (exact) mass is 115 g/mol. The number of nitrogens with one attached hydrogen (secondary N) is 1. The van der Waals surface area contributed by atoms with Crippen molar-refractivity contribution in [3.63, 3.8) is 0 Å². The number of hydrogen-bond donors (Lipinski definition) is 3. The second-order valence-electron chi connectivity index (χ2n) is 2.56. The highest BCUT2D eigenvalue weighted by Crippen LogP contribution is 2.38. The lowest BCUT2D eigenvalue weighted by atomic mass is 9.83. The summed E-state index contributed by atoms with van der Waals surface area (Å²) in [4.78, 5) is 0. The number of fused-ring (bicyclic) bond motifs is 1. The van der Waals surface area contributed by atoms with Crippen LogP contribution < -0.4 is 5.32 Å². The summed E-state index contributed by atoms with van der Waals surface area (Å²) in [5, 5.41) is 20.6. The van der Waals surface area contributed by atoms with Crippen LogP contribution in [0.1, 0.15) is 0 Å². The highest BCUT2D eigenvalue weighted by molar-refractivity contribution is 5.19. The standard InChI is InChI=1S/C5H9NO2/c7-1-2-3-4(6-3)5(2)8/h2-8H,1H2. The molecule has 46 valence electrons. The van der Waals surface area contributed by atoms with Crippen LogP contribution in [0.2, 0.25) is 0 Å². The number of aliphatic hydroxyl groups excluding tert-OH is 2. The Balaban J connectivity index is 1.98. The van der Waals surface area contributed by atoms with Crippen LogP contribution in [0.3, 0.4) is 0 Å². The molecule has 1 heterocycles. The average Bonchev–Trinajstić information content (AvgIpc) is 2.44. The van der Waals surface area contributed by atoms with Crippen molar-refractivity contribution in [2.75, 3.05) is 6.61 Å². The molecule has 2 aliphatic rings. The van der Waals surface area contributed by atoms with Crippen molar-refractivity contribution in [2.24, 2.45) is 5.92 Å². The molecule has 0 bridgehead atoms. The minimum absolute atomic E-state index is 0.120. The first kappa shape index (κ1) is 4.73. The predicted octanol–water partition coefficient (Wildman–Crippen LogP) is -1.69. The molecule has 1 aliphatic carbocycles. The Bertz CT molecular complexity index is 117. The van der Waals surface area contributed by atoms with Crippen molar-refractivity contribution < 1.29 is 10.2 Å². The number of aliphatic hydroxyl groups is 2. The zero-order valence-electron chi connectivity index (χ0n) is 4.41. The second kappa shape index (κ2) is 1.23. The molecule has 3 heteroatoms. The Morgan fingerprint density at radius 3 is 2.38 bits per heavy atom. The van der Waals surface area contributed by atoms with Crippen molar-refractivity contribution in [3.05, 3.63) is 0 Å². The fourth-order valence-corrected chi connectivity index (χ4v) is 1.42. The SMILES string of the molecule is OCC1C(O)C2NC12. The van der Waals surface area contributed by atoms with E-state index < -0.39 is 0 Å². The lowest BCUT2D eigenvalue weighted by Crippen LogP contribution is -2.43. The molecule has 0 spiro atoms. The third-order valence-electron chi connectivity index (χ3n) is 2.14. The van der Waals surface area contributed by atoms with Gasteiger partial charge in [-0.05, 0) is 0 Å². The van der Waals surface area contributed by atoms with Crippen LogP contribution in [0.4, 0.5) is 0 Å². The van der Waals surface area contributed by atoms with Gasteiger partial charge in [0, 0.05) is 24.6 Å². The maximum atomic E-state index is 9.00. The number of rotatable bonds is 1. The third-order valence-corrected chi connectivity index (χ3v) is 2.14. The fourth-order valence-electron chi connectivity index (χ4n) is 1.42. The van der Waals surface area contributed by atoms with E-state index in [9.17, 15) is 0 Å². The fraction of sp³-hybridized carbons (Fsp3) is 1.00. The van der Waals surface area contributed by atoms with Crippen molar-refractivity contribution in [1.82, 2.24) is 5.32 Å². The van der Waals surface area contributed by atoms with E-state index in [1.54, 1.807) is 0 Å². The van der Waals surface area contributed by atoms with Crippen LogP contribution in [0, 0.1) is 5.92 Å². The lowest BCUT2D eigenvalue weighted by molar-refractivity contribution is 0.0253. The van der Waals surface area contributed by atoms with Gasteiger partial charge in [0.2, 0.25) is 0 Å². The quantitative estimate of drug-likeness (QED) is 0.357. The summed E-state index contributed by atoms with van der Waals surface area (Å²) in [5.74, 6) is 0.125. The Kier molecular flexibility index (Phi) is 0.730. The average molecular weight is 115 g/mol.